The third-order valence-electron chi connectivity index (χ3n) is 4.54. The molecule has 4 heteroatoms. The Morgan fingerprint density at radius 1 is 1.17 bits per heavy atom. The lowest BCUT2D eigenvalue weighted by molar-refractivity contribution is 0.0907. The maximum absolute atomic E-state index is 9.61. The summed E-state index contributed by atoms with van der Waals surface area (Å²) in [5.41, 5.74) is 5.94. The summed E-state index contributed by atoms with van der Waals surface area (Å²) in [6, 6.07) is 0.519. The Balaban J connectivity index is 1.83. The van der Waals surface area contributed by atoms with E-state index in [1.54, 1.807) is 0 Å². The van der Waals surface area contributed by atoms with E-state index in [0.717, 1.165) is 12.8 Å². The van der Waals surface area contributed by atoms with Crippen molar-refractivity contribution >= 4 is 5.96 Å². The Hall–Kier alpha value is -0.770. The van der Waals surface area contributed by atoms with Crippen LogP contribution >= 0.6 is 0 Å². The van der Waals surface area contributed by atoms with Crippen LogP contribution in [0.3, 0.4) is 0 Å². The quantitative estimate of drug-likeness (QED) is 0.528. The molecule has 0 amide bonds. The average Bonchev–Trinajstić information content (AvgIpc) is 2.90. The predicted octanol–water partition coefficient (Wildman–Crippen LogP) is 1.78. The second-order valence-corrected chi connectivity index (χ2v) is 6.05. The number of aliphatic imine (C=N–C) groups is 1. The highest BCUT2D eigenvalue weighted by Crippen LogP contribution is 2.36. The molecule has 0 bridgehead atoms. The van der Waals surface area contributed by atoms with Crippen molar-refractivity contribution < 1.29 is 5.11 Å². The van der Waals surface area contributed by atoms with Crippen LogP contribution < -0.4 is 11.1 Å². The summed E-state index contributed by atoms with van der Waals surface area (Å²) in [6.45, 7) is 0.919. The fourth-order valence-electron chi connectivity index (χ4n) is 3.25. The average molecular weight is 253 g/mol. The van der Waals surface area contributed by atoms with Crippen molar-refractivity contribution in [2.24, 2.45) is 16.1 Å². The molecule has 4 nitrogen and oxygen atoms in total. The van der Waals surface area contributed by atoms with Gasteiger partial charge in [-0.25, -0.2) is 0 Å². The minimum Gasteiger partial charge on any atom is -0.396 e. The number of guanidine groups is 1. The van der Waals surface area contributed by atoms with Gasteiger partial charge in [0.1, 0.15) is 0 Å². The zero-order chi connectivity index (χ0) is 12.8. The molecule has 2 rings (SSSR count). The lowest BCUT2D eigenvalue weighted by Gasteiger charge is -2.34. The summed E-state index contributed by atoms with van der Waals surface area (Å²) in [5.74, 6) is 0.570. The van der Waals surface area contributed by atoms with Gasteiger partial charge in [0.25, 0.3) is 0 Å². The summed E-state index contributed by atoms with van der Waals surface area (Å²) in [6.07, 6.45) is 10.9. The van der Waals surface area contributed by atoms with Crippen LogP contribution in [0.2, 0.25) is 0 Å². The van der Waals surface area contributed by atoms with Gasteiger partial charge in [0.05, 0.1) is 13.2 Å². The molecule has 0 aromatic carbocycles. The van der Waals surface area contributed by atoms with Crippen molar-refractivity contribution in [3.05, 3.63) is 0 Å². The molecule has 0 aromatic rings. The zero-order valence-electron chi connectivity index (χ0n) is 11.3. The van der Waals surface area contributed by atoms with Crippen molar-refractivity contribution in [3.63, 3.8) is 0 Å². The van der Waals surface area contributed by atoms with Crippen LogP contribution in [0.5, 0.6) is 0 Å². The molecule has 104 valence electrons. The Labute approximate surface area is 110 Å². The van der Waals surface area contributed by atoms with Crippen molar-refractivity contribution in [1.82, 2.24) is 5.32 Å². The highest BCUT2D eigenvalue weighted by atomic mass is 16.3. The first-order chi connectivity index (χ1) is 8.74. The van der Waals surface area contributed by atoms with E-state index in [-0.39, 0.29) is 12.0 Å². The van der Waals surface area contributed by atoms with Crippen molar-refractivity contribution in [3.8, 4) is 0 Å². The van der Waals surface area contributed by atoms with E-state index in [1.807, 2.05) is 0 Å². The lowest BCUT2D eigenvalue weighted by atomic mass is 9.75. The minimum absolute atomic E-state index is 0.000224. The maximum Gasteiger partial charge on any atom is 0.188 e. The van der Waals surface area contributed by atoms with Crippen molar-refractivity contribution in [2.75, 3.05) is 13.2 Å². The SMILES string of the molecule is NC(=NCC1(CO)CCCCC1)NC1CCCC1. The van der Waals surface area contributed by atoms with Crippen LogP contribution in [-0.4, -0.2) is 30.3 Å². The largest absolute Gasteiger partial charge is 0.396 e. The third-order valence-corrected chi connectivity index (χ3v) is 4.54. The normalized spacial score (nSPS) is 25.3. The molecule has 0 atom stereocenters. The molecular formula is C14H27N3O. The first kappa shape index (κ1) is 13.7. The van der Waals surface area contributed by atoms with Gasteiger partial charge in [0.2, 0.25) is 0 Å². The van der Waals surface area contributed by atoms with Crippen LogP contribution in [0.1, 0.15) is 57.8 Å². The summed E-state index contributed by atoms with van der Waals surface area (Å²) >= 11 is 0. The molecule has 0 aromatic heterocycles. The van der Waals surface area contributed by atoms with E-state index in [2.05, 4.69) is 10.3 Å². The number of nitrogens with two attached hydrogens (primary N) is 1. The van der Waals surface area contributed by atoms with Crippen molar-refractivity contribution in [1.29, 1.82) is 0 Å². The molecule has 2 saturated carbocycles. The van der Waals surface area contributed by atoms with E-state index in [4.69, 9.17) is 5.73 Å². The van der Waals surface area contributed by atoms with Gasteiger partial charge in [-0.2, -0.15) is 0 Å². The Bertz CT molecular complexity index is 279. The molecule has 2 aliphatic rings. The highest BCUT2D eigenvalue weighted by Gasteiger charge is 2.31. The van der Waals surface area contributed by atoms with E-state index < -0.39 is 0 Å². The Morgan fingerprint density at radius 3 is 2.44 bits per heavy atom. The molecule has 2 aliphatic carbocycles. The molecule has 0 aliphatic heterocycles. The molecule has 2 fully saturated rings. The van der Waals surface area contributed by atoms with Gasteiger partial charge in [-0.1, -0.05) is 32.1 Å². The first-order valence-corrected chi connectivity index (χ1v) is 7.41. The van der Waals surface area contributed by atoms with Gasteiger partial charge >= 0.3 is 0 Å². The molecule has 0 radical (unpaired) electrons. The number of hydrogen-bond donors (Lipinski definition) is 3. The smallest absolute Gasteiger partial charge is 0.188 e. The molecular weight excluding hydrogens is 226 g/mol. The maximum atomic E-state index is 9.61. The van der Waals surface area contributed by atoms with Gasteiger partial charge in [0.15, 0.2) is 5.96 Å². The van der Waals surface area contributed by atoms with Gasteiger partial charge in [0, 0.05) is 11.5 Å². The topological polar surface area (TPSA) is 70.6 Å². The molecule has 0 unspecified atom stereocenters. The van der Waals surface area contributed by atoms with Crippen LogP contribution in [0, 0.1) is 5.41 Å². The first-order valence-electron chi connectivity index (χ1n) is 7.41. The van der Waals surface area contributed by atoms with E-state index in [1.165, 1.54) is 44.9 Å². The highest BCUT2D eigenvalue weighted by molar-refractivity contribution is 5.78. The monoisotopic (exact) mass is 253 g/mol. The fourth-order valence-corrected chi connectivity index (χ4v) is 3.25. The summed E-state index contributed by atoms with van der Waals surface area (Å²) in [5, 5.41) is 12.9. The summed E-state index contributed by atoms with van der Waals surface area (Å²) in [4.78, 5) is 4.48. The molecule has 18 heavy (non-hydrogen) atoms. The molecule has 0 heterocycles. The lowest BCUT2D eigenvalue weighted by Crippen LogP contribution is -2.40. The number of aliphatic hydroxyl groups is 1. The number of nitrogens with one attached hydrogen (secondary N) is 1. The van der Waals surface area contributed by atoms with Crippen LogP contribution in [0.4, 0.5) is 0 Å². The Kier molecular flexibility index (Phi) is 4.87. The summed E-state index contributed by atoms with van der Waals surface area (Å²) in [7, 11) is 0. The van der Waals surface area contributed by atoms with E-state index in [0.29, 0.717) is 18.5 Å². The summed E-state index contributed by atoms with van der Waals surface area (Å²) < 4.78 is 0. The van der Waals surface area contributed by atoms with Crippen molar-refractivity contribution in [2.45, 2.75) is 63.8 Å². The molecule has 4 N–H and O–H groups in total. The third kappa shape index (κ3) is 3.61. The van der Waals surface area contributed by atoms with Gasteiger partial charge in [-0.3, -0.25) is 4.99 Å². The zero-order valence-corrected chi connectivity index (χ0v) is 11.3. The van der Waals surface area contributed by atoms with E-state index >= 15 is 0 Å². The van der Waals surface area contributed by atoms with E-state index in [9.17, 15) is 5.11 Å². The fraction of sp³-hybridized carbons (Fsp3) is 0.929. The standard InChI is InChI=1S/C14H27N3O/c15-13(17-12-6-2-3-7-12)16-10-14(11-18)8-4-1-5-9-14/h12,18H,1-11H2,(H3,15,16,17). The second-order valence-electron chi connectivity index (χ2n) is 6.05. The Morgan fingerprint density at radius 2 is 1.83 bits per heavy atom. The van der Waals surface area contributed by atoms with Crippen LogP contribution in [0.15, 0.2) is 4.99 Å². The number of hydrogen-bond acceptors (Lipinski definition) is 2. The van der Waals surface area contributed by atoms with Crippen LogP contribution in [-0.2, 0) is 0 Å². The molecule has 0 spiro atoms. The number of nitrogens with zero attached hydrogens (tertiary/aromatic N) is 1. The van der Waals surface area contributed by atoms with Gasteiger partial charge < -0.3 is 16.2 Å². The minimum atomic E-state index is 0.000224. The van der Waals surface area contributed by atoms with Gasteiger partial charge in [-0.05, 0) is 25.7 Å². The van der Waals surface area contributed by atoms with Gasteiger partial charge in [-0.15, -0.1) is 0 Å². The second kappa shape index (κ2) is 6.41. The molecule has 0 saturated heterocycles. The van der Waals surface area contributed by atoms with Crippen LogP contribution in [0.25, 0.3) is 0 Å². The number of aliphatic hydroxyl groups excluding tert-OH is 1. The predicted molar refractivity (Wildman–Crippen MR) is 74.5 cm³/mol. The number of rotatable bonds is 4.